The lowest BCUT2D eigenvalue weighted by Crippen LogP contribution is -2.17. The number of nitrogens with one attached hydrogen (secondary N) is 1. The summed E-state index contributed by atoms with van der Waals surface area (Å²) in [6.45, 7) is 2.16. The molecule has 1 heterocycles. The summed E-state index contributed by atoms with van der Waals surface area (Å²) in [6, 6.07) is 22.8. The Hall–Kier alpha value is -4.39. The monoisotopic (exact) mass is 439 g/mol. The zero-order valence-electron chi connectivity index (χ0n) is 18.2. The van der Waals surface area contributed by atoms with Gasteiger partial charge in [0.2, 0.25) is 5.75 Å². The second-order valence-electron chi connectivity index (χ2n) is 7.77. The largest absolute Gasteiger partial charge is 0.493 e. The molecule has 0 saturated carbocycles. The predicted octanol–water partition coefficient (Wildman–Crippen LogP) is 6.15. The van der Waals surface area contributed by atoms with Crippen molar-refractivity contribution in [2.24, 2.45) is 4.99 Å². The molecule has 4 aromatic rings. The molecule has 0 aromatic heterocycles. The molecule has 7 nitrogen and oxygen atoms in total. The zero-order chi connectivity index (χ0) is 22.9. The number of methoxy groups -OCH3 is 1. The molecule has 1 aliphatic rings. The summed E-state index contributed by atoms with van der Waals surface area (Å²) in [6.07, 6.45) is 0. The van der Waals surface area contributed by atoms with Gasteiger partial charge in [-0.15, -0.1) is 0 Å². The summed E-state index contributed by atoms with van der Waals surface area (Å²) < 4.78 is 11.4. The van der Waals surface area contributed by atoms with E-state index in [1.807, 2.05) is 67.6 Å². The number of hydrogen-bond donors (Lipinski definition) is 1. The minimum atomic E-state index is -0.461. The molecule has 1 N–H and O–H groups in total. The number of nitro groups is 1. The van der Waals surface area contributed by atoms with Gasteiger partial charge in [0.25, 0.3) is 0 Å². The molecule has 0 amide bonds. The Morgan fingerprint density at radius 1 is 1.03 bits per heavy atom. The molecule has 164 valence electrons. The van der Waals surface area contributed by atoms with Crippen LogP contribution in [0.5, 0.6) is 11.5 Å². The molecule has 0 spiro atoms. The van der Waals surface area contributed by atoms with E-state index in [1.54, 1.807) is 6.07 Å². The van der Waals surface area contributed by atoms with E-state index >= 15 is 0 Å². The molecule has 5 rings (SSSR count). The van der Waals surface area contributed by atoms with Crippen LogP contribution in [0.1, 0.15) is 16.7 Å². The highest BCUT2D eigenvalue weighted by molar-refractivity contribution is 6.19. The Morgan fingerprint density at radius 2 is 1.82 bits per heavy atom. The number of anilines is 1. The molecule has 0 saturated heterocycles. The molecule has 7 heteroatoms. The van der Waals surface area contributed by atoms with E-state index < -0.39 is 4.92 Å². The Morgan fingerprint density at radius 3 is 2.58 bits per heavy atom. The average Bonchev–Trinajstić information content (AvgIpc) is 2.83. The van der Waals surface area contributed by atoms with Crippen LogP contribution in [0, 0.1) is 17.0 Å². The lowest BCUT2D eigenvalue weighted by atomic mass is 10.0. The first-order chi connectivity index (χ1) is 16.0. The Balaban J connectivity index is 1.56. The summed E-state index contributed by atoms with van der Waals surface area (Å²) in [5.74, 6) is 0.871. The number of hydrogen-bond acceptors (Lipinski definition) is 6. The van der Waals surface area contributed by atoms with Crippen molar-refractivity contribution in [2.45, 2.75) is 13.5 Å². The van der Waals surface area contributed by atoms with Crippen molar-refractivity contribution in [3.63, 3.8) is 0 Å². The second kappa shape index (κ2) is 8.27. The van der Waals surface area contributed by atoms with E-state index in [0.717, 1.165) is 33.3 Å². The molecular weight excluding hydrogens is 418 g/mol. The van der Waals surface area contributed by atoms with Gasteiger partial charge in [0.15, 0.2) is 5.75 Å². The van der Waals surface area contributed by atoms with Crippen LogP contribution < -0.4 is 14.8 Å². The van der Waals surface area contributed by atoms with Crippen LogP contribution in [0.25, 0.3) is 10.8 Å². The van der Waals surface area contributed by atoms with Crippen molar-refractivity contribution in [1.29, 1.82) is 0 Å². The van der Waals surface area contributed by atoms with Crippen LogP contribution in [0.3, 0.4) is 0 Å². The lowest BCUT2D eigenvalue weighted by Gasteiger charge is -2.20. The Kier molecular flexibility index (Phi) is 5.14. The molecule has 4 aromatic carbocycles. The van der Waals surface area contributed by atoms with Crippen LogP contribution in [0.4, 0.5) is 17.1 Å². The third-order valence-corrected chi connectivity index (χ3v) is 5.73. The normalized spacial score (nSPS) is 12.1. The molecule has 33 heavy (non-hydrogen) atoms. The quantitative estimate of drug-likeness (QED) is 0.288. The van der Waals surface area contributed by atoms with Gasteiger partial charge in [0.1, 0.15) is 12.4 Å². The maximum Gasteiger partial charge on any atom is 0.315 e. The van der Waals surface area contributed by atoms with Crippen LogP contribution in [-0.4, -0.2) is 17.9 Å². The van der Waals surface area contributed by atoms with E-state index in [1.165, 1.54) is 13.2 Å². The first-order valence-corrected chi connectivity index (χ1v) is 10.5. The van der Waals surface area contributed by atoms with Crippen LogP contribution in [0.2, 0.25) is 0 Å². The summed E-state index contributed by atoms with van der Waals surface area (Å²) in [5, 5.41) is 17.4. The molecule has 0 atom stereocenters. The molecule has 0 bridgehead atoms. The standard InChI is InChI=1S/C26H21N3O4/c1-16-7-3-4-8-18(16)15-33-25-22(29(30)31)13-19(14-23(25)32-2)26-27-20-11-5-9-17-10-6-12-21(28-26)24(17)20/h3-14H,15H2,1-2H3,(H,27,28). The van der Waals surface area contributed by atoms with Gasteiger partial charge in [-0.1, -0.05) is 48.5 Å². The van der Waals surface area contributed by atoms with Crippen LogP contribution >= 0.6 is 0 Å². The summed E-state index contributed by atoms with van der Waals surface area (Å²) in [5.41, 5.74) is 4.05. The van der Waals surface area contributed by atoms with Crippen LogP contribution in [0.15, 0.2) is 77.8 Å². The van der Waals surface area contributed by atoms with E-state index in [4.69, 9.17) is 14.5 Å². The number of rotatable bonds is 6. The van der Waals surface area contributed by atoms with Crippen molar-refractivity contribution in [3.05, 3.63) is 99.6 Å². The minimum Gasteiger partial charge on any atom is -0.493 e. The van der Waals surface area contributed by atoms with Crippen molar-refractivity contribution in [2.75, 3.05) is 12.4 Å². The molecule has 0 aliphatic carbocycles. The summed E-state index contributed by atoms with van der Waals surface area (Å²) in [7, 11) is 1.47. The number of benzene rings is 4. The van der Waals surface area contributed by atoms with Crippen LogP contribution in [-0.2, 0) is 6.61 Å². The van der Waals surface area contributed by atoms with Gasteiger partial charge in [-0.05, 0) is 41.6 Å². The van der Waals surface area contributed by atoms with E-state index in [9.17, 15) is 10.1 Å². The van der Waals surface area contributed by atoms with Gasteiger partial charge in [0.05, 0.1) is 17.7 Å². The highest BCUT2D eigenvalue weighted by Gasteiger charge is 2.25. The number of nitrogens with zero attached hydrogens (tertiary/aromatic N) is 2. The first kappa shape index (κ1) is 20.5. The number of nitro benzene ring substituents is 1. The van der Waals surface area contributed by atoms with E-state index in [-0.39, 0.29) is 23.8 Å². The number of amidine groups is 1. The molecule has 0 unspecified atom stereocenters. The second-order valence-corrected chi connectivity index (χ2v) is 7.77. The number of aryl methyl sites for hydroxylation is 1. The van der Waals surface area contributed by atoms with Crippen molar-refractivity contribution >= 4 is 33.7 Å². The smallest absolute Gasteiger partial charge is 0.315 e. The topological polar surface area (TPSA) is 86.0 Å². The lowest BCUT2D eigenvalue weighted by molar-refractivity contribution is -0.386. The van der Waals surface area contributed by atoms with E-state index in [2.05, 4.69) is 5.32 Å². The Bertz CT molecular complexity index is 1420. The molecule has 1 aliphatic heterocycles. The summed E-state index contributed by atoms with van der Waals surface area (Å²) >= 11 is 0. The number of ether oxygens (including phenoxy) is 2. The van der Waals surface area contributed by atoms with Gasteiger partial charge in [0, 0.05) is 22.7 Å². The van der Waals surface area contributed by atoms with E-state index in [0.29, 0.717) is 11.4 Å². The highest BCUT2D eigenvalue weighted by Crippen LogP contribution is 2.41. The minimum absolute atomic E-state index is 0.0911. The van der Waals surface area contributed by atoms with Crippen molar-refractivity contribution in [1.82, 2.24) is 0 Å². The van der Waals surface area contributed by atoms with Gasteiger partial charge < -0.3 is 14.8 Å². The van der Waals surface area contributed by atoms with Crippen molar-refractivity contribution in [3.8, 4) is 11.5 Å². The fraction of sp³-hybridized carbons (Fsp3) is 0.115. The van der Waals surface area contributed by atoms with Gasteiger partial charge in [-0.25, -0.2) is 4.99 Å². The SMILES string of the molecule is COc1cc(C2=Nc3cccc4cccc(c34)N2)cc([N+](=O)[O-])c1OCc1ccccc1C. The predicted molar refractivity (Wildman–Crippen MR) is 129 cm³/mol. The maximum atomic E-state index is 12.0. The molecule has 0 fully saturated rings. The Labute approximate surface area is 190 Å². The maximum absolute atomic E-state index is 12.0. The van der Waals surface area contributed by atoms with Gasteiger partial charge >= 0.3 is 5.69 Å². The molecular formula is C26H21N3O4. The van der Waals surface area contributed by atoms with Crippen molar-refractivity contribution < 1.29 is 14.4 Å². The first-order valence-electron chi connectivity index (χ1n) is 10.5. The highest BCUT2D eigenvalue weighted by atomic mass is 16.6. The average molecular weight is 439 g/mol. The molecule has 0 radical (unpaired) electrons. The third kappa shape index (κ3) is 3.74. The number of aliphatic imine (C=N–C) groups is 1. The third-order valence-electron chi connectivity index (χ3n) is 5.73. The summed E-state index contributed by atoms with van der Waals surface area (Å²) in [4.78, 5) is 16.2. The fourth-order valence-electron chi connectivity index (χ4n) is 4.01. The fourth-order valence-corrected chi connectivity index (χ4v) is 4.01. The van der Waals surface area contributed by atoms with Gasteiger partial charge in [-0.2, -0.15) is 0 Å². The zero-order valence-corrected chi connectivity index (χ0v) is 18.2. The van der Waals surface area contributed by atoms with Gasteiger partial charge in [-0.3, -0.25) is 10.1 Å².